The maximum absolute atomic E-state index is 13.7. The standard InChI is InChI=1S/C28H34N2O5/c1-19(2)13-14-30-26(32)17-28(27(30)33,21-9-11-22(34-4)12-10-21)16-25(31)29(3)18-23-15-20-7-5-6-8-24(20)35-23/h5-12,19,23H,13-18H2,1-4H3/t23-,28+/m0/s1. The van der Waals surface area contributed by atoms with E-state index in [9.17, 15) is 14.4 Å². The highest BCUT2D eigenvalue weighted by Gasteiger charge is 2.53. The van der Waals surface area contributed by atoms with Gasteiger partial charge in [0, 0.05) is 32.9 Å². The van der Waals surface area contributed by atoms with Gasteiger partial charge in [-0.1, -0.05) is 44.2 Å². The molecule has 4 rings (SSSR count). The highest BCUT2D eigenvalue weighted by Crippen LogP contribution is 2.41. The van der Waals surface area contributed by atoms with Gasteiger partial charge in [0.2, 0.25) is 17.7 Å². The molecule has 3 amide bonds. The SMILES string of the molecule is COc1ccc([C@@]2(CC(=O)N(C)C[C@@H]3Cc4ccccc4O3)CC(=O)N(CCC(C)C)C2=O)cc1. The molecule has 1 fully saturated rings. The third-order valence-corrected chi connectivity index (χ3v) is 7.05. The summed E-state index contributed by atoms with van der Waals surface area (Å²) in [4.78, 5) is 43.1. The highest BCUT2D eigenvalue weighted by atomic mass is 16.5. The lowest BCUT2D eigenvalue weighted by atomic mass is 9.75. The van der Waals surface area contributed by atoms with Crippen LogP contribution in [0.5, 0.6) is 11.5 Å². The Kier molecular flexibility index (Phi) is 7.15. The van der Waals surface area contributed by atoms with Gasteiger partial charge >= 0.3 is 0 Å². The van der Waals surface area contributed by atoms with Crippen LogP contribution in [-0.4, -0.2) is 60.9 Å². The Morgan fingerprint density at radius 3 is 2.54 bits per heavy atom. The summed E-state index contributed by atoms with van der Waals surface area (Å²) in [6, 6.07) is 15.0. The van der Waals surface area contributed by atoms with Gasteiger partial charge in [0.15, 0.2) is 0 Å². The summed E-state index contributed by atoms with van der Waals surface area (Å²) in [5.74, 6) is 1.15. The van der Waals surface area contributed by atoms with Crippen LogP contribution in [-0.2, 0) is 26.2 Å². The average molecular weight is 479 g/mol. The Balaban J connectivity index is 1.54. The molecule has 0 N–H and O–H groups in total. The minimum atomic E-state index is -1.22. The Bertz CT molecular complexity index is 1070. The van der Waals surface area contributed by atoms with Crippen LogP contribution in [0.25, 0.3) is 0 Å². The monoisotopic (exact) mass is 478 g/mol. The lowest BCUT2D eigenvalue weighted by molar-refractivity contribution is -0.142. The van der Waals surface area contributed by atoms with E-state index < -0.39 is 5.41 Å². The number of hydrogen-bond acceptors (Lipinski definition) is 5. The Morgan fingerprint density at radius 2 is 1.89 bits per heavy atom. The van der Waals surface area contributed by atoms with Crippen molar-refractivity contribution < 1.29 is 23.9 Å². The van der Waals surface area contributed by atoms with Gasteiger partial charge in [0.25, 0.3) is 0 Å². The van der Waals surface area contributed by atoms with Crippen molar-refractivity contribution in [3.05, 3.63) is 59.7 Å². The normalized spacial score (nSPS) is 21.3. The number of nitrogens with zero attached hydrogens (tertiary/aromatic N) is 2. The fraction of sp³-hybridized carbons (Fsp3) is 0.464. The Morgan fingerprint density at radius 1 is 1.17 bits per heavy atom. The minimum absolute atomic E-state index is 0.0127. The second-order valence-corrected chi connectivity index (χ2v) is 10.0. The molecule has 7 nitrogen and oxygen atoms in total. The van der Waals surface area contributed by atoms with Crippen molar-refractivity contribution >= 4 is 17.7 Å². The number of hydrogen-bond donors (Lipinski definition) is 0. The molecule has 2 aromatic rings. The van der Waals surface area contributed by atoms with E-state index in [1.165, 1.54) is 4.90 Å². The van der Waals surface area contributed by atoms with E-state index in [4.69, 9.17) is 9.47 Å². The molecule has 186 valence electrons. The molecule has 0 spiro atoms. The smallest absolute Gasteiger partial charge is 0.240 e. The first kappa shape index (κ1) is 24.8. The zero-order valence-corrected chi connectivity index (χ0v) is 21.0. The number of imide groups is 1. The average Bonchev–Trinajstić information content (AvgIpc) is 3.35. The van der Waals surface area contributed by atoms with Crippen LogP contribution in [0.2, 0.25) is 0 Å². The van der Waals surface area contributed by atoms with Gasteiger partial charge in [-0.3, -0.25) is 19.3 Å². The number of likely N-dealkylation sites (N-methyl/N-ethyl adjacent to an activating group) is 1. The number of para-hydroxylation sites is 1. The molecule has 7 heteroatoms. The van der Waals surface area contributed by atoms with Crippen LogP contribution in [0.15, 0.2) is 48.5 Å². The quantitative estimate of drug-likeness (QED) is 0.515. The summed E-state index contributed by atoms with van der Waals surface area (Å²) >= 11 is 0. The van der Waals surface area contributed by atoms with E-state index in [2.05, 4.69) is 13.8 Å². The molecule has 2 aliphatic heterocycles. The fourth-order valence-electron chi connectivity index (χ4n) is 4.95. The van der Waals surface area contributed by atoms with Gasteiger partial charge in [-0.25, -0.2) is 0 Å². The maximum Gasteiger partial charge on any atom is 0.240 e. The number of rotatable bonds is 9. The number of carbonyl (C=O) groups excluding carboxylic acids is 3. The number of amides is 3. The van der Waals surface area contributed by atoms with E-state index in [0.29, 0.717) is 30.3 Å². The predicted octanol–water partition coefficient (Wildman–Crippen LogP) is 3.59. The van der Waals surface area contributed by atoms with E-state index >= 15 is 0 Å². The summed E-state index contributed by atoms with van der Waals surface area (Å²) in [5.41, 5.74) is 0.575. The lowest BCUT2D eigenvalue weighted by Crippen LogP contribution is -2.44. The zero-order chi connectivity index (χ0) is 25.2. The largest absolute Gasteiger partial charge is 0.497 e. The summed E-state index contributed by atoms with van der Waals surface area (Å²) in [6.07, 6.45) is 1.24. The van der Waals surface area contributed by atoms with E-state index in [0.717, 1.165) is 24.2 Å². The lowest BCUT2D eigenvalue weighted by Gasteiger charge is -2.30. The number of methoxy groups -OCH3 is 1. The van der Waals surface area contributed by atoms with Crippen LogP contribution in [0.3, 0.4) is 0 Å². The fourth-order valence-corrected chi connectivity index (χ4v) is 4.95. The molecule has 2 aliphatic rings. The number of likely N-dealkylation sites (tertiary alicyclic amines) is 1. The second-order valence-electron chi connectivity index (χ2n) is 10.0. The topological polar surface area (TPSA) is 76.2 Å². The molecule has 0 bridgehead atoms. The number of benzene rings is 2. The minimum Gasteiger partial charge on any atom is -0.497 e. The molecule has 2 atom stereocenters. The molecule has 0 unspecified atom stereocenters. The van der Waals surface area contributed by atoms with Crippen molar-refractivity contribution in [2.24, 2.45) is 5.92 Å². The van der Waals surface area contributed by atoms with Crippen molar-refractivity contribution in [3.8, 4) is 11.5 Å². The first-order valence-electron chi connectivity index (χ1n) is 12.2. The molecular formula is C28H34N2O5. The molecule has 2 aromatic carbocycles. The molecule has 0 aliphatic carbocycles. The first-order chi connectivity index (χ1) is 16.7. The summed E-state index contributed by atoms with van der Waals surface area (Å²) in [5, 5.41) is 0. The van der Waals surface area contributed by atoms with Gasteiger partial charge in [-0.05, 0) is 41.7 Å². The van der Waals surface area contributed by atoms with Gasteiger partial charge in [-0.2, -0.15) is 0 Å². The van der Waals surface area contributed by atoms with Crippen molar-refractivity contribution in [1.29, 1.82) is 0 Å². The summed E-state index contributed by atoms with van der Waals surface area (Å²) in [7, 11) is 3.30. The van der Waals surface area contributed by atoms with Crippen LogP contribution in [0.4, 0.5) is 0 Å². The molecule has 35 heavy (non-hydrogen) atoms. The first-order valence-corrected chi connectivity index (χ1v) is 12.2. The highest BCUT2D eigenvalue weighted by molar-refractivity contribution is 6.10. The number of fused-ring (bicyclic) bond motifs is 1. The molecular weight excluding hydrogens is 444 g/mol. The molecule has 1 saturated heterocycles. The molecule has 0 aromatic heterocycles. The van der Waals surface area contributed by atoms with Gasteiger partial charge in [-0.15, -0.1) is 0 Å². The van der Waals surface area contributed by atoms with Crippen molar-refractivity contribution in [3.63, 3.8) is 0 Å². The van der Waals surface area contributed by atoms with Gasteiger partial charge in [0.05, 0.1) is 19.1 Å². The second kappa shape index (κ2) is 10.1. The van der Waals surface area contributed by atoms with Crippen molar-refractivity contribution in [2.75, 3.05) is 27.2 Å². The van der Waals surface area contributed by atoms with Crippen molar-refractivity contribution in [1.82, 2.24) is 9.80 Å². The molecule has 0 radical (unpaired) electrons. The van der Waals surface area contributed by atoms with Crippen LogP contribution >= 0.6 is 0 Å². The Hall–Kier alpha value is -3.35. The Labute approximate surface area is 207 Å². The van der Waals surface area contributed by atoms with E-state index in [-0.39, 0.29) is 36.7 Å². The third kappa shape index (κ3) is 5.04. The summed E-state index contributed by atoms with van der Waals surface area (Å²) in [6.45, 7) is 4.89. The maximum atomic E-state index is 13.7. The summed E-state index contributed by atoms with van der Waals surface area (Å²) < 4.78 is 11.3. The van der Waals surface area contributed by atoms with Crippen LogP contribution < -0.4 is 9.47 Å². The van der Waals surface area contributed by atoms with Crippen LogP contribution in [0, 0.1) is 5.92 Å². The number of carbonyl (C=O) groups is 3. The molecule has 0 saturated carbocycles. The van der Waals surface area contributed by atoms with Crippen LogP contribution in [0.1, 0.15) is 44.2 Å². The molecule has 2 heterocycles. The zero-order valence-electron chi connectivity index (χ0n) is 21.0. The van der Waals surface area contributed by atoms with Crippen molar-refractivity contribution in [2.45, 2.75) is 51.0 Å². The van der Waals surface area contributed by atoms with E-state index in [1.54, 1.807) is 43.3 Å². The third-order valence-electron chi connectivity index (χ3n) is 7.05. The van der Waals surface area contributed by atoms with Gasteiger partial charge < -0.3 is 14.4 Å². The van der Waals surface area contributed by atoms with E-state index in [1.807, 2.05) is 24.3 Å². The number of ether oxygens (including phenoxy) is 2. The predicted molar refractivity (Wildman–Crippen MR) is 132 cm³/mol. The van der Waals surface area contributed by atoms with Gasteiger partial charge in [0.1, 0.15) is 17.6 Å².